The first-order chi connectivity index (χ1) is 19.2. The Bertz CT molecular complexity index is 1350. The highest BCUT2D eigenvalue weighted by Crippen LogP contribution is 2.21. The van der Waals surface area contributed by atoms with Crippen LogP contribution in [-0.2, 0) is 17.8 Å². The molecule has 0 spiro atoms. The Morgan fingerprint density at radius 3 is 2.33 bits per heavy atom. The molecule has 1 aliphatic rings. The number of rotatable bonds is 11. The van der Waals surface area contributed by atoms with Gasteiger partial charge in [0.1, 0.15) is 5.75 Å². The number of nitrogens with zero attached hydrogens (tertiary/aromatic N) is 2. The number of carbonyl (C=O) groups is 1. The van der Waals surface area contributed by atoms with E-state index >= 15 is 0 Å². The number of hydrogen-bond acceptors (Lipinski definition) is 5. The number of fused-ring (bicyclic) bond motifs is 1. The fourth-order valence-electron chi connectivity index (χ4n) is 5.42. The van der Waals surface area contributed by atoms with E-state index in [1.54, 1.807) is 7.11 Å². The van der Waals surface area contributed by atoms with E-state index in [4.69, 9.17) is 4.74 Å². The molecule has 5 rings (SSSR count). The number of ether oxygens (including phenoxy) is 1. The Kier molecular flexibility index (Phi) is 9.09. The lowest BCUT2D eigenvalue weighted by atomic mass is 9.98. The molecular weight excluding hydrogens is 484 g/mol. The second-order valence-electron chi connectivity index (χ2n) is 10.1. The van der Waals surface area contributed by atoms with Crippen LogP contribution in [0.4, 0.5) is 5.69 Å². The van der Waals surface area contributed by atoms with E-state index in [2.05, 4.69) is 93.2 Å². The van der Waals surface area contributed by atoms with Crippen LogP contribution in [0.3, 0.4) is 0 Å². The zero-order valence-electron chi connectivity index (χ0n) is 22.7. The van der Waals surface area contributed by atoms with Crippen LogP contribution in [-0.4, -0.2) is 63.2 Å². The minimum absolute atomic E-state index is 0.0383. The summed E-state index contributed by atoms with van der Waals surface area (Å²) in [6.45, 7) is 5.36. The lowest BCUT2D eigenvalue weighted by Crippen LogP contribution is -2.52. The molecule has 0 aromatic heterocycles. The average Bonchev–Trinajstić information content (AvgIpc) is 2.98. The minimum Gasteiger partial charge on any atom is -0.496 e. The molecule has 1 fully saturated rings. The summed E-state index contributed by atoms with van der Waals surface area (Å²) in [6.07, 6.45) is 0.758. The first-order valence-corrected chi connectivity index (χ1v) is 13.8. The summed E-state index contributed by atoms with van der Waals surface area (Å²) in [6, 6.07) is 33.4. The van der Waals surface area contributed by atoms with Crippen molar-refractivity contribution in [3.63, 3.8) is 0 Å². The first kappa shape index (κ1) is 26.7. The smallest absolute Gasteiger partial charge is 0.234 e. The van der Waals surface area contributed by atoms with Crippen LogP contribution in [0.1, 0.15) is 11.1 Å². The molecule has 0 saturated carbocycles. The van der Waals surface area contributed by atoms with Crippen molar-refractivity contribution in [3.8, 4) is 5.75 Å². The van der Waals surface area contributed by atoms with Gasteiger partial charge in [0.15, 0.2) is 0 Å². The van der Waals surface area contributed by atoms with Gasteiger partial charge in [0.05, 0.1) is 13.7 Å². The average molecular weight is 523 g/mol. The lowest BCUT2D eigenvalue weighted by Gasteiger charge is -2.36. The third kappa shape index (κ3) is 7.16. The topological polar surface area (TPSA) is 56.8 Å². The van der Waals surface area contributed by atoms with Gasteiger partial charge in [-0.05, 0) is 41.0 Å². The number of benzene rings is 4. The van der Waals surface area contributed by atoms with E-state index in [1.165, 1.54) is 22.0 Å². The van der Waals surface area contributed by atoms with Crippen molar-refractivity contribution in [2.24, 2.45) is 0 Å². The maximum atomic E-state index is 13.2. The van der Waals surface area contributed by atoms with Crippen LogP contribution in [0.5, 0.6) is 5.75 Å². The second-order valence-corrected chi connectivity index (χ2v) is 10.1. The Balaban J connectivity index is 1.21. The van der Waals surface area contributed by atoms with E-state index in [0.717, 1.165) is 43.9 Å². The summed E-state index contributed by atoms with van der Waals surface area (Å²) in [7, 11) is 1.70. The van der Waals surface area contributed by atoms with Crippen molar-refractivity contribution in [1.29, 1.82) is 0 Å². The van der Waals surface area contributed by atoms with Crippen LogP contribution in [0.2, 0.25) is 0 Å². The first-order valence-electron chi connectivity index (χ1n) is 13.8. The van der Waals surface area contributed by atoms with Crippen molar-refractivity contribution >= 4 is 22.4 Å². The molecule has 6 heteroatoms. The molecule has 202 valence electrons. The number of hydrogen-bond donors (Lipinski definition) is 2. The number of nitrogens with one attached hydrogen (secondary N) is 2. The third-order valence-electron chi connectivity index (χ3n) is 7.47. The molecular formula is C33H38N4O2. The summed E-state index contributed by atoms with van der Waals surface area (Å²) >= 11 is 0. The van der Waals surface area contributed by atoms with Crippen molar-refractivity contribution < 1.29 is 9.53 Å². The molecule has 1 amide bonds. The van der Waals surface area contributed by atoms with Gasteiger partial charge in [-0.1, -0.05) is 78.9 Å². The maximum Gasteiger partial charge on any atom is 0.234 e. The molecule has 6 nitrogen and oxygen atoms in total. The molecule has 4 aromatic carbocycles. The summed E-state index contributed by atoms with van der Waals surface area (Å²) in [5.41, 5.74) is 3.60. The van der Waals surface area contributed by atoms with Gasteiger partial charge in [-0.3, -0.25) is 9.69 Å². The monoisotopic (exact) mass is 522 g/mol. The normalized spacial score (nSPS) is 14.7. The molecule has 1 atom stereocenters. The van der Waals surface area contributed by atoms with Gasteiger partial charge in [0, 0.05) is 56.6 Å². The SMILES string of the molecule is COc1ccccc1CNCC(Cc1cccc2ccccc12)NC(=O)CN1CCN(c2ccccc2)CC1. The van der Waals surface area contributed by atoms with Crippen LogP contribution in [0.25, 0.3) is 10.8 Å². The Morgan fingerprint density at radius 2 is 1.51 bits per heavy atom. The zero-order chi connectivity index (χ0) is 26.9. The highest BCUT2D eigenvalue weighted by atomic mass is 16.5. The van der Waals surface area contributed by atoms with Gasteiger partial charge >= 0.3 is 0 Å². The summed E-state index contributed by atoms with van der Waals surface area (Å²) in [4.78, 5) is 17.9. The largest absolute Gasteiger partial charge is 0.496 e. The number of piperazine rings is 1. The van der Waals surface area contributed by atoms with Gasteiger partial charge in [-0.2, -0.15) is 0 Å². The lowest BCUT2D eigenvalue weighted by molar-refractivity contribution is -0.123. The fourth-order valence-corrected chi connectivity index (χ4v) is 5.42. The molecule has 4 aromatic rings. The van der Waals surface area contributed by atoms with Gasteiger partial charge in [0.2, 0.25) is 5.91 Å². The van der Waals surface area contributed by atoms with E-state index in [0.29, 0.717) is 19.6 Å². The number of para-hydroxylation sites is 2. The zero-order valence-corrected chi connectivity index (χ0v) is 22.7. The van der Waals surface area contributed by atoms with Gasteiger partial charge in [0.25, 0.3) is 0 Å². The van der Waals surface area contributed by atoms with Crippen molar-refractivity contribution in [2.45, 2.75) is 19.0 Å². The molecule has 2 N–H and O–H groups in total. The molecule has 0 bridgehead atoms. The van der Waals surface area contributed by atoms with E-state index < -0.39 is 0 Å². The maximum absolute atomic E-state index is 13.2. The van der Waals surface area contributed by atoms with E-state index in [9.17, 15) is 4.79 Å². The van der Waals surface area contributed by atoms with Gasteiger partial charge in [-0.15, -0.1) is 0 Å². The van der Waals surface area contributed by atoms with Crippen molar-refractivity contribution in [2.75, 3.05) is 51.3 Å². The summed E-state index contributed by atoms with van der Waals surface area (Å²) in [5.74, 6) is 0.946. The summed E-state index contributed by atoms with van der Waals surface area (Å²) < 4.78 is 5.51. The van der Waals surface area contributed by atoms with Crippen molar-refractivity contribution in [3.05, 3.63) is 108 Å². The predicted molar refractivity (Wildman–Crippen MR) is 159 cm³/mol. The van der Waals surface area contributed by atoms with E-state index in [1.807, 2.05) is 24.3 Å². The van der Waals surface area contributed by atoms with Gasteiger partial charge < -0.3 is 20.3 Å². The molecule has 39 heavy (non-hydrogen) atoms. The van der Waals surface area contributed by atoms with Crippen molar-refractivity contribution in [1.82, 2.24) is 15.5 Å². The predicted octanol–water partition coefficient (Wildman–Crippen LogP) is 4.49. The minimum atomic E-state index is -0.0383. The quantitative estimate of drug-likeness (QED) is 0.304. The highest BCUT2D eigenvalue weighted by Gasteiger charge is 2.21. The van der Waals surface area contributed by atoms with E-state index in [-0.39, 0.29) is 11.9 Å². The Labute approximate surface area is 231 Å². The van der Waals surface area contributed by atoms with Crippen LogP contribution < -0.4 is 20.3 Å². The number of amides is 1. The molecule has 1 heterocycles. The standard InChI is InChI=1S/C33H38N4O2/c1-39-32-17-8-6-11-28(32)23-34-24-29(22-27-13-9-12-26-10-5-7-16-31(26)27)35-33(38)25-36-18-20-37(21-19-36)30-14-3-2-4-15-30/h2-17,29,34H,18-25H2,1H3,(H,35,38). The van der Waals surface area contributed by atoms with Crippen LogP contribution in [0, 0.1) is 0 Å². The second kappa shape index (κ2) is 13.3. The molecule has 0 aliphatic carbocycles. The Hall–Kier alpha value is -3.87. The fraction of sp³-hybridized carbons (Fsp3) is 0.303. The Morgan fingerprint density at radius 1 is 0.821 bits per heavy atom. The van der Waals surface area contributed by atoms with Gasteiger partial charge in [-0.25, -0.2) is 0 Å². The number of carbonyl (C=O) groups excluding carboxylic acids is 1. The number of methoxy groups -OCH3 is 1. The highest BCUT2D eigenvalue weighted by molar-refractivity contribution is 5.86. The van der Waals surface area contributed by atoms with Crippen LogP contribution in [0.15, 0.2) is 97.1 Å². The molecule has 0 radical (unpaired) electrons. The molecule has 1 unspecified atom stereocenters. The molecule has 1 aliphatic heterocycles. The summed E-state index contributed by atoms with van der Waals surface area (Å²) in [5, 5.41) is 9.37. The third-order valence-corrected chi connectivity index (χ3v) is 7.47. The number of anilines is 1. The van der Waals surface area contributed by atoms with Crippen LogP contribution >= 0.6 is 0 Å². The molecule has 1 saturated heterocycles.